The molecule has 1 saturated heterocycles. The van der Waals surface area contributed by atoms with E-state index < -0.39 is 34.9 Å². The Balaban J connectivity index is 1.27. The van der Waals surface area contributed by atoms with Gasteiger partial charge in [-0.3, -0.25) is 4.79 Å². The average Bonchev–Trinajstić information content (AvgIpc) is 3.79. The highest BCUT2D eigenvalue weighted by Gasteiger charge is 2.44. The summed E-state index contributed by atoms with van der Waals surface area (Å²) in [4.78, 5) is 29.3. The number of rotatable bonds is 10. The number of allylic oxidation sites excluding steroid dienone is 1. The summed E-state index contributed by atoms with van der Waals surface area (Å²) in [6, 6.07) is 8.00. The molecule has 14 heteroatoms. The highest BCUT2D eigenvalue weighted by Crippen LogP contribution is 2.42. The number of halogens is 5. The Labute approximate surface area is 321 Å². The Morgan fingerprint density at radius 1 is 1.20 bits per heavy atom. The number of nitrogens with zero attached hydrogens (tertiary/aromatic N) is 5. The molecule has 0 spiro atoms. The molecular formula is C42H41F5N6O3. The van der Waals surface area contributed by atoms with Crippen molar-refractivity contribution in [2.45, 2.75) is 75.3 Å². The zero-order valence-electron chi connectivity index (χ0n) is 31.0. The van der Waals surface area contributed by atoms with Crippen molar-refractivity contribution in [1.82, 2.24) is 19.9 Å². The van der Waals surface area contributed by atoms with E-state index in [0.717, 1.165) is 49.1 Å². The van der Waals surface area contributed by atoms with Gasteiger partial charge in [-0.1, -0.05) is 31.4 Å². The Morgan fingerprint density at radius 3 is 2.64 bits per heavy atom. The fraction of sp³-hybridized carbons (Fsp3) is 0.381. The quantitative estimate of drug-likeness (QED) is 0.0948. The number of likely N-dealkylation sites (N-methyl/N-ethyl adjacent to an activating group) is 1. The number of pyridine rings is 1. The van der Waals surface area contributed by atoms with Gasteiger partial charge in [0.2, 0.25) is 5.91 Å². The van der Waals surface area contributed by atoms with Crippen molar-refractivity contribution in [1.29, 1.82) is 0 Å². The summed E-state index contributed by atoms with van der Waals surface area (Å²) in [5.74, 6) is 2.16. The molecule has 4 aromatic rings. The monoisotopic (exact) mass is 772 g/mol. The highest BCUT2D eigenvalue weighted by molar-refractivity contribution is 6.02. The maximum atomic E-state index is 15.1. The van der Waals surface area contributed by atoms with Crippen LogP contribution in [0.1, 0.15) is 73.5 Å². The molecular weight excluding hydrogens is 731 g/mol. The first-order valence-electron chi connectivity index (χ1n) is 18.4. The van der Waals surface area contributed by atoms with Crippen molar-refractivity contribution < 1.29 is 36.6 Å². The van der Waals surface area contributed by atoms with Crippen LogP contribution in [-0.2, 0) is 17.4 Å². The molecule has 0 bridgehead atoms. The summed E-state index contributed by atoms with van der Waals surface area (Å²) in [7, 11) is 1.77. The number of hydrogen-bond acceptors (Lipinski definition) is 8. The summed E-state index contributed by atoms with van der Waals surface area (Å²) >= 11 is 0. The molecule has 7 rings (SSSR count). The van der Waals surface area contributed by atoms with Gasteiger partial charge < -0.3 is 25.0 Å². The number of carbonyl (C=O) groups excluding carboxylic acids is 1. The van der Waals surface area contributed by atoms with Crippen LogP contribution in [-0.4, -0.2) is 74.9 Å². The van der Waals surface area contributed by atoms with E-state index in [9.17, 15) is 27.5 Å². The first kappa shape index (κ1) is 38.6. The second kappa shape index (κ2) is 14.7. The van der Waals surface area contributed by atoms with Gasteiger partial charge in [0.1, 0.15) is 35.9 Å². The number of hydrogen-bond donors (Lipinski definition) is 2. The minimum Gasteiger partial charge on any atom is -0.508 e. The van der Waals surface area contributed by atoms with E-state index in [2.05, 4.69) is 22.8 Å². The van der Waals surface area contributed by atoms with E-state index in [-0.39, 0.29) is 42.8 Å². The molecule has 1 amide bonds. The number of benzene rings is 2. The predicted octanol–water partition coefficient (Wildman–Crippen LogP) is 8.11. The number of fused-ring (bicyclic) bond motifs is 2. The van der Waals surface area contributed by atoms with Crippen LogP contribution < -0.4 is 15.0 Å². The minimum atomic E-state index is -4.62. The molecule has 56 heavy (non-hydrogen) atoms. The third-order valence-corrected chi connectivity index (χ3v) is 11.4. The topological polar surface area (TPSA) is 104 Å². The van der Waals surface area contributed by atoms with Crippen LogP contribution in [0.4, 0.5) is 33.5 Å². The van der Waals surface area contributed by atoms with Crippen molar-refractivity contribution in [3.63, 3.8) is 0 Å². The normalized spacial score (nSPS) is 20.3. The number of amides is 1. The van der Waals surface area contributed by atoms with Gasteiger partial charge in [-0.25, -0.2) is 13.8 Å². The molecule has 0 radical (unpaired) electrons. The Morgan fingerprint density at radius 2 is 1.96 bits per heavy atom. The summed E-state index contributed by atoms with van der Waals surface area (Å²) in [5, 5.41) is 15.2. The number of anilines is 2. The number of alkyl halides is 4. The van der Waals surface area contributed by atoms with E-state index >= 15 is 4.39 Å². The number of aromatic nitrogens is 3. The molecule has 3 aliphatic rings. The van der Waals surface area contributed by atoms with Crippen LogP contribution in [0.5, 0.6) is 11.8 Å². The van der Waals surface area contributed by atoms with Crippen molar-refractivity contribution in [2.24, 2.45) is 0 Å². The van der Waals surface area contributed by atoms with Crippen molar-refractivity contribution in [3.05, 3.63) is 89.1 Å². The van der Waals surface area contributed by atoms with Crippen molar-refractivity contribution >= 4 is 39.8 Å². The van der Waals surface area contributed by atoms with Gasteiger partial charge in [0.15, 0.2) is 0 Å². The van der Waals surface area contributed by atoms with Crippen LogP contribution in [0.2, 0.25) is 0 Å². The summed E-state index contributed by atoms with van der Waals surface area (Å²) in [6.45, 7) is 5.60. The molecule has 0 unspecified atom stereocenters. The van der Waals surface area contributed by atoms with Crippen LogP contribution in [0.15, 0.2) is 55.3 Å². The molecule has 2 fully saturated rings. The zero-order chi connectivity index (χ0) is 40.0. The van der Waals surface area contributed by atoms with Crippen LogP contribution in [0.25, 0.3) is 22.4 Å². The number of phenols is 1. The predicted molar refractivity (Wildman–Crippen MR) is 204 cm³/mol. The third kappa shape index (κ3) is 7.22. The Bertz CT molecular complexity index is 2260. The van der Waals surface area contributed by atoms with Gasteiger partial charge in [-0.15, -0.1) is 6.42 Å². The van der Waals surface area contributed by atoms with Crippen LogP contribution >= 0.6 is 0 Å². The molecule has 2 aliphatic carbocycles. The van der Waals surface area contributed by atoms with Gasteiger partial charge in [-0.05, 0) is 91.6 Å². The fourth-order valence-electron chi connectivity index (χ4n) is 8.43. The Hall–Kier alpha value is -5.71. The van der Waals surface area contributed by atoms with Gasteiger partial charge in [0.05, 0.1) is 40.8 Å². The Kier molecular flexibility index (Phi) is 10.2. The molecule has 2 N–H and O–H groups in total. The summed E-state index contributed by atoms with van der Waals surface area (Å²) < 4.78 is 76.1. The number of aromatic hydroxyl groups is 1. The molecule has 2 aromatic carbocycles. The highest BCUT2D eigenvalue weighted by atomic mass is 19.4. The maximum Gasteiger partial charge on any atom is 0.433 e. The molecule has 3 heterocycles. The van der Waals surface area contributed by atoms with E-state index in [1.54, 1.807) is 35.9 Å². The van der Waals surface area contributed by atoms with Crippen LogP contribution in [0, 0.1) is 18.2 Å². The van der Waals surface area contributed by atoms with E-state index in [4.69, 9.17) is 21.1 Å². The van der Waals surface area contributed by atoms with Gasteiger partial charge in [0, 0.05) is 31.0 Å². The lowest BCUT2D eigenvalue weighted by Gasteiger charge is -2.39. The fourth-order valence-corrected chi connectivity index (χ4v) is 8.43. The second-order valence-electron chi connectivity index (χ2n) is 15.0. The molecule has 9 nitrogen and oxygen atoms in total. The molecule has 2 aromatic heterocycles. The van der Waals surface area contributed by atoms with Crippen LogP contribution in [0.3, 0.4) is 0 Å². The molecule has 2 atom stereocenters. The first-order chi connectivity index (χ1) is 26.6. The maximum absolute atomic E-state index is 15.1. The summed E-state index contributed by atoms with van der Waals surface area (Å²) in [6.07, 6.45) is 8.43. The standard InChI is InChI=1S/C42H41F5N6O3/c1-5-30-33(44)13-10-26-17-29(54)19-32(37(26)30)25-9-12-31-34(18-25)50-39(51-38(31)49-23-41(15-7-8-16-41)52(4)36(55)6-2)56-24-40(3)20-27(43)22-53(40)28-11-14-35(48-21-28)42(45,46)47/h1,6,10-11,13-14,17-19,21,27,54H,2,7-9,12,15-16,20,22-24H2,3-4H3,(H,49,50,51)/t27-,40+/m1/s1. The SMILES string of the molecule is C#Cc1c(F)ccc2cc(O)cc(C3=Cc4nc(OC[C@]5(C)C[C@@H](F)CN5c5ccc(C(F)(F)F)nc5)nc(NCC5(N(C)C(=O)C=C)CCCC5)c4CC3)c12. The average molecular weight is 773 g/mol. The largest absolute Gasteiger partial charge is 0.508 e. The van der Waals surface area contributed by atoms with Crippen molar-refractivity contribution in [2.75, 3.05) is 37.0 Å². The zero-order valence-corrected chi connectivity index (χ0v) is 31.0. The number of terminal acetylenes is 1. The smallest absolute Gasteiger partial charge is 0.433 e. The summed E-state index contributed by atoms with van der Waals surface area (Å²) in [5.41, 5.74) is 0.381. The van der Waals surface area contributed by atoms with E-state index in [1.807, 2.05) is 6.08 Å². The number of phenolic OH excluding ortho intramolecular Hbond substituents is 1. The van der Waals surface area contributed by atoms with Crippen molar-refractivity contribution in [3.8, 4) is 24.1 Å². The molecule has 292 valence electrons. The lowest BCUT2D eigenvalue weighted by atomic mass is 9.87. The van der Waals surface area contributed by atoms with Gasteiger partial charge >= 0.3 is 12.2 Å². The lowest BCUT2D eigenvalue weighted by molar-refractivity contribution is -0.141. The van der Waals surface area contributed by atoms with Gasteiger partial charge in [0.25, 0.3) is 0 Å². The first-order valence-corrected chi connectivity index (χ1v) is 18.4. The molecule has 1 saturated carbocycles. The minimum absolute atomic E-state index is 0.0216. The van der Waals surface area contributed by atoms with Gasteiger partial charge in [-0.2, -0.15) is 23.1 Å². The molecule has 1 aliphatic heterocycles. The third-order valence-electron chi connectivity index (χ3n) is 11.4. The second-order valence-corrected chi connectivity index (χ2v) is 15.0. The number of carbonyl (C=O) groups is 1. The number of ether oxygens (including phenoxy) is 1. The number of nitrogens with one attached hydrogen (secondary N) is 1. The lowest BCUT2D eigenvalue weighted by Crippen LogP contribution is -2.51. The van der Waals surface area contributed by atoms with E-state index in [0.29, 0.717) is 52.9 Å². The van der Waals surface area contributed by atoms with E-state index in [1.165, 1.54) is 24.3 Å².